The molecule has 9 aromatic rings. The van der Waals surface area contributed by atoms with Crippen LogP contribution in [0.2, 0.25) is 0 Å². The van der Waals surface area contributed by atoms with Gasteiger partial charge in [-0.15, -0.1) is 0 Å². The molecule has 2 aromatic heterocycles. The quantitative estimate of drug-likeness (QED) is 0.197. The van der Waals surface area contributed by atoms with Crippen molar-refractivity contribution < 1.29 is 4.42 Å². The lowest BCUT2D eigenvalue weighted by Crippen LogP contribution is -1.96. The molecule has 47 heavy (non-hydrogen) atoms. The van der Waals surface area contributed by atoms with Gasteiger partial charge in [0.2, 0.25) is 0 Å². The van der Waals surface area contributed by atoms with Crippen LogP contribution in [0.4, 0.5) is 0 Å². The molecule has 0 aliphatic rings. The minimum absolute atomic E-state index is 0.682. The number of para-hydroxylation sites is 1. The first-order chi connectivity index (χ1) is 23.3. The van der Waals surface area contributed by atoms with Crippen LogP contribution in [0.3, 0.4) is 0 Å². The molecule has 0 N–H and O–H groups in total. The van der Waals surface area contributed by atoms with Crippen LogP contribution in [0.25, 0.3) is 88.9 Å². The summed E-state index contributed by atoms with van der Waals surface area (Å²) in [7, 11) is 0. The highest BCUT2D eigenvalue weighted by atomic mass is 16.3. The van der Waals surface area contributed by atoms with E-state index in [4.69, 9.17) is 14.4 Å². The Morgan fingerprint density at radius 1 is 0.362 bits per heavy atom. The van der Waals surface area contributed by atoms with Crippen molar-refractivity contribution in [2.45, 2.75) is 0 Å². The second kappa shape index (κ2) is 11.2. The van der Waals surface area contributed by atoms with Crippen LogP contribution in [-0.2, 0) is 0 Å². The zero-order valence-corrected chi connectivity index (χ0v) is 25.5. The van der Waals surface area contributed by atoms with Crippen molar-refractivity contribution in [1.82, 2.24) is 9.97 Å². The van der Waals surface area contributed by atoms with E-state index in [1.807, 2.05) is 42.5 Å². The van der Waals surface area contributed by atoms with Gasteiger partial charge in [-0.05, 0) is 63.7 Å². The molecular weight excluding hydrogens is 572 g/mol. The van der Waals surface area contributed by atoms with Crippen LogP contribution in [0, 0.1) is 0 Å². The summed E-state index contributed by atoms with van der Waals surface area (Å²) < 4.78 is 6.45. The van der Waals surface area contributed by atoms with Crippen molar-refractivity contribution >= 4 is 32.8 Å². The molecule has 0 unspecified atom stereocenters. The first kappa shape index (κ1) is 27.0. The van der Waals surface area contributed by atoms with Gasteiger partial charge in [-0.1, -0.05) is 140 Å². The summed E-state index contributed by atoms with van der Waals surface area (Å²) in [6.45, 7) is 0. The summed E-state index contributed by atoms with van der Waals surface area (Å²) in [5.41, 5.74) is 12.4. The molecule has 0 radical (unpaired) electrons. The molecule has 3 heteroatoms. The normalized spacial score (nSPS) is 11.4. The van der Waals surface area contributed by atoms with Crippen LogP contribution in [0.15, 0.2) is 174 Å². The van der Waals surface area contributed by atoms with E-state index in [2.05, 4.69) is 127 Å². The SMILES string of the molecule is c1ccc(-c2ccc(-c3cccc(-c4cccc(-c5nc(-c6ccccc6)c6c(ccc7c8ccccc8oc76)n5)c4)c3)cc2)cc1. The van der Waals surface area contributed by atoms with Crippen molar-refractivity contribution in [3.63, 3.8) is 0 Å². The minimum atomic E-state index is 0.682. The molecular formula is C44H28N2O. The van der Waals surface area contributed by atoms with Crippen molar-refractivity contribution in [2.24, 2.45) is 0 Å². The topological polar surface area (TPSA) is 38.9 Å². The summed E-state index contributed by atoms with van der Waals surface area (Å²) in [5.74, 6) is 0.682. The third-order valence-corrected chi connectivity index (χ3v) is 8.90. The van der Waals surface area contributed by atoms with Gasteiger partial charge >= 0.3 is 0 Å². The van der Waals surface area contributed by atoms with Crippen LogP contribution in [-0.4, -0.2) is 9.97 Å². The highest BCUT2D eigenvalue weighted by Gasteiger charge is 2.18. The number of fused-ring (bicyclic) bond motifs is 5. The standard InChI is InChI=1S/C44H28N2O/c1-3-11-29(12-4-1)30-21-23-31(24-22-30)33-15-9-16-34(27-33)35-17-10-18-36(28-35)44-45-39-26-25-38-37-19-7-8-20-40(37)47-43(38)41(39)42(46-44)32-13-5-2-6-14-32/h1-28H. The third kappa shape index (κ3) is 4.86. The van der Waals surface area contributed by atoms with Gasteiger partial charge in [-0.25, -0.2) is 9.97 Å². The highest BCUT2D eigenvalue weighted by Crippen LogP contribution is 2.39. The van der Waals surface area contributed by atoms with E-state index in [9.17, 15) is 0 Å². The molecule has 0 bridgehead atoms. The van der Waals surface area contributed by atoms with Crippen LogP contribution in [0.1, 0.15) is 0 Å². The molecule has 0 saturated carbocycles. The summed E-state index contributed by atoms with van der Waals surface area (Å²) in [5, 5.41) is 3.09. The van der Waals surface area contributed by atoms with Crippen LogP contribution >= 0.6 is 0 Å². The lowest BCUT2D eigenvalue weighted by Gasteiger charge is -2.11. The smallest absolute Gasteiger partial charge is 0.160 e. The maximum absolute atomic E-state index is 6.45. The fourth-order valence-electron chi connectivity index (χ4n) is 6.54. The molecule has 220 valence electrons. The predicted molar refractivity (Wildman–Crippen MR) is 194 cm³/mol. The monoisotopic (exact) mass is 600 g/mol. The van der Waals surface area contributed by atoms with E-state index < -0.39 is 0 Å². The summed E-state index contributed by atoms with van der Waals surface area (Å²) >= 11 is 0. The molecule has 0 aliphatic heterocycles. The second-order valence-corrected chi connectivity index (χ2v) is 11.8. The van der Waals surface area contributed by atoms with Crippen molar-refractivity contribution in [3.8, 4) is 56.0 Å². The van der Waals surface area contributed by atoms with Gasteiger partial charge in [-0.2, -0.15) is 0 Å². The molecule has 9 rings (SSSR count). The zero-order valence-electron chi connectivity index (χ0n) is 25.5. The molecule has 0 spiro atoms. The van der Waals surface area contributed by atoms with E-state index in [0.29, 0.717) is 5.82 Å². The fraction of sp³-hybridized carbons (Fsp3) is 0. The first-order valence-electron chi connectivity index (χ1n) is 15.8. The Balaban J connectivity index is 1.14. The van der Waals surface area contributed by atoms with Crippen LogP contribution < -0.4 is 0 Å². The van der Waals surface area contributed by atoms with Crippen molar-refractivity contribution in [3.05, 3.63) is 170 Å². The van der Waals surface area contributed by atoms with Gasteiger partial charge in [0.1, 0.15) is 11.2 Å². The Kier molecular flexibility index (Phi) is 6.46. The Hall–Kier alpha value is -6.32. The van der Waals surface area contributed by atoms with Gasteiger partial charge < -0.3 is 4.42 Å². The highest BCUT2D eigenvalue weighted by molar-refractivity contribution is 6.17. The molecule has 3 nitrogen and oxygen atoms in total. The number of hydrogen-bond acceptors (Lipinski definition) is 3. The van der Waals surface area contributed by atoms with Gasteiger partial charge in [-0.3, -0.25) is 0 Å². The van der Waals surface area contributed by atoms with Crippen LogP contribution in [0.5, 0.6) is 0 Å². The molecule has 0 saturated heterocycles. The average Bonchev–Trinajstić information content (AvgIpc) is 3.54. The number of aromatic nitrogens is 2. The number of benzene rings is 7. The largest absolute Gasteiger partial charge is 0.455 e. The Morgan fingerprint density at radius 3 is 1.62 bits per heavy atom. The van der Waals surface area contributed by atoms with E-state index in [1.165, 1.54) is 22.3 Å². The zero-order chi connectivity index (χ0) is 31.2. The second-order valence-electron chi connectivity index (χ2n) is 11.8. The van der Waals surface area contributed by atoms with Gasteiger partial charge in [0.25, 0.3) is 0 Å². The van der Waals surface area contributed by atoms with Crippen molar-refractivity contribution in [1.29, 1.82) is 0 Å². The van der Waals surface area contributed by atoms with Crippen molar-refractivity contribution in [2.75, 3.05) is 0 Å². The summed E-state index contributed by atoms with van der Waals surface area (Å²) in [4.78, 5) is 10.3. The van der Waals surface area contributed by atoms with E-state index in [-0.39, 0.29) is 0 Å². The number of nitrogens with zero attached hydrogens (tertiary/aromatic N) is 2. The lowest BCUT2D eigenvalue weighted by molar-refractivity contribution is 0.672. The molecule has 0 amide bonds. The molecule has 0 atom stereocenters. The third-order valence-electron chi connectivity index (χ3n) is 8.90. The Morgan fingerprint density at radius 2 is 0.894 bits per heavy atom. The lowest BCUT2D eigenvalue weighted by atomic mass is 9.96. The number of hydrogen-bond donors (Lipinski definition) is 0. The van der Waals surface area contributed by atoms with E-state index in [0.717, 1.165) is 60.8 Å². The molecule has 0 aliphatic carbocycles. The summed E-state index contributed by atoms with van der Waals surface area (Å²) in [6.07, 6.45) is 0. The number of furan rings is 1. The fourth-order valence-corrected chi connectivity index (χ4v) is 6.54. The van der Waals surface area contributed by atoms with E-state index in [1.54, 1.807) is 0 Å². The minimum Gasteiger partial charge on any atom is -0.455 e. The van der Waals surface area contributed by atoms with Gasteiger partial charge in [0.05, 0.1) is 16.6 Å². The predicted octanol–water partition coefficient (Wildman–Crippen LogP) is 11.9. The molecule has 7 aromatic carbocycles. The van der Waals surface area contributed by atoms with Gasteiger partial charge in [0.15, 0.2) is 5.82 Å². The Labute approximate surface area is 272 Å². The first-order valence-corrected chi connectivity index (χ1v) is 15.8. The van der Waals surface area contributed by atoms with Gasteiger partial charge in [0, 0.05) is 21.9 Å². The summed E-state index contributed by atoms with van der Waals surface area (Å²) in [6, 6.07) is 59.2. The van der Waals surface area contributed by atoms with E-state index >= 15 is 0 Å². The maximum Gasteiger partial charge on any atom is 0.160 e. The molecule has 0 fully saturated rings. The molecule has 2 heterocycles. The number of rotatable bonds is 5. The maximum atomic E-state index is 6.45. The average molecular weight is 601 g/mol. The Bertz CT molecular complexity index is 2550.